The average molecular weight is 320 g/mol. The molecule has 2 atom stereocenters. The van der Waals surface area contributed by atoms with Gasteiger partial charge in [0.05, 0.1) is 12.1 Å². The van der Waals surface area contributed by atoms with E-state index in [1.165, 1.54) is 12.1 Å². The molecule has 0 bridgehead atoms. The van der Waals surface area contributed by atoms with Crippen molar-refractivity contribution in [3.05, 3.63) is 35.3 Å². The Bertz CT molecular complexity index is 728. The number of nitrogens with zero attached hydrogens (tertiary/aromatic N) is 1. The number of piperidine rings is 1. The van der Waals surface area contributed by atoms with Crippen molar-refractivity contribution in [2.24, 2.45) is 0 Å². The summed E-state index contributed by atoms with van der Waals surface area (Å²) in [7, 11) is 0. The highest BCUT2D eigenvalue weighted by molar-refractivity contribution is 5.82. The van der Waals surface area contributed by atoms with Crippen LogP contribution in [0.1, 0.15) is 37.1 Å². The second-order valence-corrected chi connectivity index (χ2v) is 6.15. The Labute approximate surface area is 134 Å². The second kappa shape index (κ2) is 6.20. The maximum Gasteiger partial charge on any atom is 0.318 e. The first kappa shape index (κ1) is 15.8. The van der Waals surface area contributed by atoms with Crippen LogP contribution in [-0.2, 0) is 0 Å². The van der Waals surface area contributed by atoms with Gasteiger partial charge in [0.15, 0.2) is 0 Å². The van der Waals surface area contributed by atoms with E-state index in [4.69, 9.17) is 4.42 Å². The standard InChI is InChI=1S/C17H21FN2O3/c1-10-14-8-12(18)5-6-15(14)23-16(10)11(2)19-17(22)20-7-3-4-13(21)9-20/h5-6,8,11,13,21H,3-4,7,9H2,1-2H3,(H,19,22)/t11-,13-/m0/s1. The van der Waals surface area contributed by atoms with Crippen LogP contribution in [0.5, 0.6) is 0 Å². The lowest BCUT2D eigenvalue weighted by Gasteiger charge is -2.31. The highest BCUT2D eigenvalue weighted by atomic mass is 19.1. The maximum absolute atomic E-state index is 13.4. The molecule has 1 aliphatic heterocycles. The van der Waals surface area contributed by atoms with Crippen molar-refractivity contribution >= 4 is 17.0 Å². The molecule has 2 amide bonds. The number of hydrogen-bond acceptors (Lipinski definition) is 3. The number of halogens is 1. The minimum Gasteiger partial charge on any atom is -0.459 e. The van der Waals surface area contributed by atoms with Crippen molar-refractivity contribution in [3.63, 3.8) is 0 Å². The highest BCUT2D eigenvalue weighted by Gasteiger charge is 2.25. The van der Waals surface area contributed by atoms with E-state index in [1.54, 1.807) is 11.0 Å². The van der Waals surface area contributed by atoms with Gasteiger partial charge in [-0.25, -0.2) is 9.18 Å². The molecule has 1 aromatic carbocycles. The van der Waals surface area contributed by atoms with Crippen molar-refractivity contribution in [1.29, 1.82) is 0 Å². The number of hydrogen-bond donors (Lipinski definition) is 2. The maximum atomic E-state index is 13.4. The minimum atomic E-state index is -0.458. The number of carbonyl (C=O) groups is 1. The van der Waals surface area contributed by atoms with Crippen LogP contribution in [0, 0.1) is 12.7 Å². The van der Waals surface area contributed by atoms with Crippen LogP contribution in [0.15, 0.2) is 22.6 Å². The van der Waals surface area contributed by atoms with Gasteiger partial charge in [0.25, 0.3) is 0 Å². The van der Waals surface area contributed by atoms with Crippen LogP contribution in [0.2, 0.25) is 0 Å². The molecule has 124 valence electrons. The Balaban J connectivity index is 1.76. The number of β-amino-alcohol motifs (C(OH)–C–C–N with tert-alkyl or cyclic N) is 1. The predicted molar refractivity (Wildman–Crippen MR) is 84.7 cm³/mol. The first-order chi connectivity index (χ1) is 11.0. The molecular formula is C17H21FN2O3. The number of nitrogens with one attached hydrogen (secondary N) is 1. The van der Waals surface area contributed by atoms with Gasteiger partial charge in [-0.1, -0.05) is 0 Å². The molecule has 1 saturated heterocycles. The van der Waals surface area contributed by atoms with E-state index in [0.717, 1.165) is 23.8 Å². The molecule has 6 heteroatoms. The Morgan fingerprint density at radius 3 is 3.04 bits per heavy atom. The predicted octanol–water partition coefficient (Wildman–Crippen LogP) is 3.11. The van der Waals surface area contributed by atoms with Gasteiger partial charge in [0.1, 0.15) is 17.2 Å². The molecule has 1 aliphatic rings. The summed E-state index contributed by atoms with van der Waals surface area (Å²) >= 11 is 0. The molecule has 0 unspecified atom stereocenters. The normalized spacial score (nSPS) is 19.8. The van der Waals surface area contributed by atoms with Crippen LogP contribution in [0.25, 0.3) is 11.0 Å². The van der Waals surface area contributed by atoms with E-state index < -0.39 is 6.10 Å². The van der Waals surface area contributed by atoms with Crippen LogP contribution in [-0.4, -0.2) is 35.2 Å². The number of likely N-dealkylation sites (tertiary alicyclic amines) is 1. The number of rotatable bonds is 2. The van der Waals surface area contributed by atoms with Crippen molar-refractivity contribution in [3.8, 4) is 0 Å². The third-order valence-electron chi connectivity index (χ3n) is 4.35. The molecule has 0 spiro atoms. The van der Waals surface area contributed by atoms with Gasteiger partial charge in [-0.15, -0.1) is 0 Å². The van der Waals surface area contributed by atoms with E-state index in [2.05, 4.69) is 5.32 Å². The van der Waals surface area contributed by atoms with Gasteiger partial charge in [0, 0.05) is 24.0 Å². The van der Waals surface area contributed by atoms with E-state index in [9.17, 15) is 14.3 Å². The fourth-order valence-electron chi connectivity index (χ4n) is 3.11. The molecule has 0 aliphatic carbocycles. The molecule has 1 fully saturated rings. The summed E-state index contributed by atoms with van der Waals surface area (Å²) in [4.78, 5) is 13.9. The largest absolute Gasteiger partial charge is 0.459 e. The smallest absolute Gasteiger partial charge is 0.318 e. The number of amides is 2. The number of benzene rings is 1. The first-order valence-electron chi connectivity index (χ1n) is 7.87. The Hall–Kier alpha value is -2.08. The van der Waals surface area contributed by atoms with Crippen LogP contribution >= 0.6 is 0 Å². The number of carbonyl (C=O) groups excluding carboxylic acids is 1. The lowest BCUT2D eigenvalue weighted by molar-refractivity contribution is 0.0832. The number of aliphatic hydroxyl groups excluding tert-OH is 1. The SMILES string of the molecule is Cc1c([C@H](C)NC(=O)N2CCC[C@H](O)C2)oc2ccc(F)cc12. The number of aryl methyl sites for hydroxylation is 1. The van der Waals surface area contributed by atoms with Gasteiger partial charge in [0.2, 0.25) is 0 Å². The van der Waals surface area contributed by atoms with Crippen molar-refractivity contribution < 1.29 is 18.7 Å². The van der Waals surface area contributed by atoms with E-state index in [-0.39, 0.29) is 17.9 Å². The summed E-state index contributed by atoms with van der Waals surface area (Å²) in [6.07, 6.45) is 1.07. The molecule has 2 aromatic rings. The lowest BCUT2D eigenvalue weighted by atomic mass is 10.1. The summed E-state index contributed by atoms with van der Waals surface area (Å²) in [6.45, 7) is 4.68. The van der Waals surface area contributed by atoms with Crippen molar-refractivity contribution in [1.82, 2.24) is 10.2 Å². The zero-order valence-corrected chi connectivity index (χ0v) is 13.3. The molecule has 1 aromatic heterocycles. The highest BCUT2D eigenvalue weighted by Crippen LogP contribution is 2.30. The van der Waals surface area contributed by atoms with Gasteiger partial charge < -0.3 is 19.7 Å². The van der Waals surface area contributed by atoms with E-state index >= 15 is 0 Å². The van der Waals surface area contributed by atoms with Gasteiger partial charge in [-0.3, -0.25) is 0 Å². The summed E-state index contributed by atoms with van der Waals surface area (Å²) in [6, 6.07) is 3.83. The zero-order valence-electron chi connectivity index (χ0n) is 13.3. The molecule has 0 radical (unpaired) electrons. The molecule has 3 rings (SSSR count). The topological polar surface area (TPSA) is 65.7 Å². The minimum absolute atomic E-state index is 0.220. The quantitative estimate of drug-likeness (QED) is 0.893. The number of urea groups is 1. The summed E-state index contributed by atoms with van der Waals surface area (Å²) < 4.78 is 19.2. The fraction of sp³-hybridized carbons (Fsp3) is 0.471. The van der Waals surface area contributed by atoms with Gasteiger partial charge >= 0.3 is 6.03 Å². The first-order valence-corrected chi connectivity index (χ1v) is 7.87. The van der Waals surface area contributed by atoms with Crippen molar-refractivity contribution in [2.45, 2.75) is 38.8 Å². The summed E-state index contributed by atoms with van der Waals surface area (Å²) in [5.41, 5.74) is 1.43. The molecular weight excluding hydrogens is 299 g/mol. The molecule has 23 heavy (non-hydrogen) atoms. The molecule has 2 heterocycles. The summed E-state index contributed by atoms with van der Waals surface area (Å²) in [5, 5.41) is 13.3. The number of aliphatic hydroxyl groups is 1. The van der Waals surface area contributed by atoms with Gasteiger partial charge in [-0.2, -0.15) is 0 Å². The van der Waals surface area contributed by atoms with Crippen LogP contribution in [0.3, 0.4) is 0 Å². The van der Waals surface area contributed by atoms with Crippen LogP contribution in [0.4, 0.5) is 9.18 Å². The van der Waals surface area contributed by atoms with Crippen LogP contribution < -0.4 is 5.32 Å². The Kier molecular flexibility index (Phi) is 4.26. The molecule has 0 saturated carbocycles. The fourth-order valence-corrected chi connectivity index (χ4v) is 3.11. The monoisotopic (exact) mass is 320 g/mol. The Morgan fingerprint density at radius 2 is 2.30 bits per heavy atom. The molecule has 5 nitrogen and oxygen atoms in total. The Morgan fingerprint density at radius 1 is 1.52 bits per heavy atom. The number of furan rings is 1. The molecule has 2 N–H and O–H groups in total. The third kappa shape index (κ3) is 3.17. The number of fused-ring (bicyclic) bond motifs is 1. The average Bonchev–Trinajstić information content (AvgIpc) is 2.84. The second-order valence-electron chi connectivity index (χ2n) is 6.15. The summed E-state index contributed by atoms with van der Waals surface area (Å²) in [5.74, 6) is 0.309. The third-order valence-corrected chi connectivity index (χ3v) is 4.35. The lowest BCUT2D eigenvalue weighted by Crippen LogP contribution is -2.47. The van der Waals surface area contributed by atoms with Gasteiger partial charge in [-0.05, 0) is 44.9 Å². The van der Waals surface area contributed by atoms with E-state index in [1.807, 2.05) is 13.8 Å². The van der Waals surface area contributed by atoms with E-state index in [0.29, 0.717) is 24.4 Å². The zero-order chi connectivity index (χ0) is 16.6. The van der Waals surface area contributed by atoms with Crippen molar-refractivity contribution in [2.75, 3.05) is 13.1 Å².